The summed E-state index contributed by atoms with van der Waals surface area (Å²) in [4.78, 5) is 46.7. The fraction of sp³-hybridized carbons (Fsp3) is 0.333. The number of halogens is 1. The minimum absolute atomic E-state index is 0.236. The number of aliphatic hydroxyl groups excluding tert-OH is 1. The van der Waals surface area contributed by atoms with Crippen LogP contribution >= 0.6 is 11.3 Å². The molecule has 1 saturated heterocycles. The van der Waals surface area contributed by atoms with Gasteiger partial charge in [0.25, 0.3) is 0 Å². The Kier molecular flexibility index (Phi) is 8.61. The lowest BCUT2D eigenvalue weighted by atomic mass is 10.1. The zero-order valence-corrected chi connectivity index (χ0v) is 23.4. The number of hydrogen-bond acceptors (Lipinski definition) is 10. The first kappa shape index (κ1) is 28.3. The highest BCUT2D eigenvalue weighted by molar-refractivity contribution is 7.18. The van der Waals surface area contributed by atoms with E-state index in [1.165, 1.54) is 40.6 Å². The maximum atomic E-state index is 14.1. The Morgan fingerprint density at radius 1 is 1.24 bits per heavy atom. The Balaban J connectivity index is 1.21. The summed E-state index contributed by atoms with van der Waals surface area (Å²) >= 11 is 1.25. The van der Waals surface area contributed by atoms with Crippen LogP contribution in [0.5, 0.6) is 0 Å². The standard InChI is InChI=1S/C27H30FN9O3S/c1-35(2)10-4-6-23(39)37-11-7-20(38)25(37)26(40)30-9-12-36-16-33-18-14-31-22(13-19(18)36)34-27-32-15-21(41-27)24-17(28)5-3-8-29-24/h3-6,8,13-16,20,25,38H,7,9-12H2,1-2H3,(H,30,40)(H,31,32,34)/b6-4+/t20-,25-/m1/s1. The van der Waals surface area contributed by atoms with Gasteiger partial charge >= 0.3 is 0 Å². The third-order valence-electron chi connectivity index (χ3n) is 6.54. The van der Waals surface area contributed by atoms with Crippen LogP contribution in [0.2, 0.25) is 0 Å². The Morgan fingerprint density at radius 3 is 2.90 bits per heavy atom. The number of carbonyl (C=O) groups is 2. The molecule has 3 N–H and O–H groups in total. The molecule has 0 unspecified atom stereocenters. The van der Waals surface area contributed by atoms with E-state index in [0.29, 0.717) is 47.4 Å². The minimum Gasteiger partial charge on any atom is -0.390 e. The number of fused-ring (bicyclic) bond motifs is 1. The second-order valence-electron chi connectivity index (χ2n) is 9.77. The number of hydrogen-bond donors (Lipinski definition) is 3. The lowest BCUT2D eigenvalue weighted by Crippen LogP contribution is -2.50. The highest BCUT2D eigenvalue weighted by atomic mass is 32.1. The summed E-state index contributed by atoms with van der Waals surface area (Å²) in [6.45, 7) is 1.59. The summed E-state index contributed by atoms with van der Waals surface area (Å²) in [5.41, 5.74) is 1.69. The zero-order chi connectivity index (χ0) is 28.9. The van der Waals surface area contributed by atoms with Crippen molar-refractivity contribution in [3.63, 3.8) is 0 Å². The van der Waals surface area contributed by atoms with Crippen LogP contribution in [0.3, 0.4) is 0 Å². The molecule has 214 valence electrons. The van der Waals surface area contributed by atoms with Gasteiger partial charge in [-0.3, -0.25) is 14.6 Å². The number of thiazole rings is 1. The summed E-state index contributed by atoms with van der Waals surface area (Å²) in [7, 11) is 3.79. The number of amides is 2. The highest BCUT2D eigenvalue weighted by Crippen LogP contribution is 2.31. The van der Waals surface area contributed by atoms with E-state index in [0.717, 1.165) is 5.52 Å². The number of nitrogens with one attached hydrogen (secondary N) is 2. The third-order valence-corrected chi connectivity index (χ3v) is 7.46. The molecule has 41 heavy (non-hydrogen) atoms. The van der Waals surface area contributed by atoms with Crippen LogP contribution in [0.1, 0.15) is 6.42 Å². The van der Waals surface area contributed by atoms with Crippen molar-refractivity contribution in [2.24, 2.45) is 0 Å². The van der Waals surface area contributed by atoms with E-state index in [1.54, 1.807) is 24.8 Å². The second kappa shape index (κ2) is 12.5. The summed E-state index contributed by atoms with van der Waals surface area (Å²) in [6, 6.07) is 3.76. The molecule has 12 nitrogen and oxygen atoms in total. The SMILES string of the molecule is CN(C)C/C=C/C(=O)N1CC[C@@H](O)[C@@H]1C(=O)NCCn1cnc2cnc(Nc3ncc(-c4ncccc4F)s3)cc21. The highest BCUT2D eigenvalue weighted by Gasteiger charge is 2.40. The summed E-state index contributed by atoms with van der Waals surface area (Å²) in [5, 5.41) is 16.9. The van der Waals surface area contributed by atoms with Gasteiger partial charge in [-0.25, -0.2) is 19.3 Å². The van der Waals surface area contributed by atoms with Crippen LogP contribution in [0, 0.1) is 5.82 Å². The normalized spacial score (nSPS) is 17.1. The molecule has 0 aromatic carbocycles. The number of imidazole rings is 1. The molecule has 0 saturated carbocycles. The fourth-order valence-corrected chi connectivity index (χ4v) is 5.35. The number of likely N-dealkylation sites (N-methyl/N-ethyl adjacent to an activating group) is 1. The van der Waals surface area contributed by atoms with Gasteiger partial charge in [-0.2, -0.15) is 0 Å². The number of likely N-dealkylation sites (tertiary alicyclic amines) is 1. The number of rotatable bonds is 10. The average Bonchev–Trinajstić information content (AvgIpc) is 3.67. The molecule has 4 aromatic heterocycles. The fourth-order valence-electron chi connectivity index (χ4n) is 4.53. The van der Waals surface area contributed by atoms with E-state index in [4.69, 9.17) is 0 Å². The van der Waals surface area contributed by atoms with Crippen LogP contribution in [-0.4, -0.2) is 97.1 Å². The molecule has 14 heteroatoms. The molecule has 5 heterocycles. The van der Waals surface area contributed by atoms with Gasteiger partial charge in [0.15, 0.2) is 5.13 Å². The van der Waals surface area contributed by atoms with Crippen LogP contribution in [0.15, 0.2) is 55.3 Å². The Hall–Kier alpha value is -4.27. The second-order valence-corrected chi connectivity index (χ2v) is 10.8. The molecule has 4 aromatic rings. The van der Waals surface area contributed by atoms with E-state index in [-0.39, 0.29) is 18.1 Å². The molecule has 0 aliphatic carbocycles. The first-order valence-corrected chi connectivity index (χ1v) is 13.8. The van der Waals surface area contributed by atoms with E-state index in [1.807, 2.05) is 29.6 Å². The number of pyridine rings is 2. The van der Waals surface area contributed by atoms with Gasteiger partial charge in [-0.1, -0.05) is 17.4 Å². The smallest absolute Gasteiger partial charge is 0.247 e. The lowest BCUT2D eigenvalue weighted by Gasteiger charge is -2.24. The van der Waals surface area contributed by atoms with Gasteiger partial charge < -0.3 is 30.1 Å². The maximum Gasteiger partial charge on any atom is 0.247 e. The molecule has 0 spiro atoms. The summed E-state index contributed by atoms with van der Waals surface area (Å²) in [6.07, 6.45) is 8.97. The van der Waals surface area contributed by atoms with Crippen molar-refractivity contribution in [2.75, 3.05) is 39.0 Å². The van der Waals surface area contributed by atoms with Gasteiger partial charge in [0, 0.05) is 50.7 Å². The van der Waals surface area contributed by atoms with Crippen molar-refractivity contribution in [1.82, 2.24) is 39.6 Å². The van der Waals surface area contributed by atoms with Gasteiger partial charge in [0.1, 0.15) is 28.9 Å². The average molecular weight is 580 g/mol. The van der Waals surface area contributed by atoms with Crippen LogP contribution in [-0.2, 0) is 16.1 Å². The number of carbonyl (C=O) groups excluding carboxylic acids is 2. The quantitative estimate of drug-likeness (QED) is 0.241. The number of aromatic nitrogens is 5. The van der Waals surface area contributed by atoms with Crippen molar-refractivity contribution >= 4 is 45.1 Å². The monoisotopic (exact) mass is 579 g/mol. The maximum absolute atomic E-state index is 14.1. The van der Waals surface area contributed by atoms with Crippen molar-refractivity contribution in [2.45, 2.75) is 25.1 Å². The van der Waals surface area contributed by atoms with E-state index in [9.17, 15) is 19.1 Å². The van der Waals surface area contributed by atoms with Crippen LogP contribution in [0.25, 0.3) is 21.6 Å². The van der Waals surface area contributed by atoms with Crippen LogP contribution < -0.4 is 10.6 Å². The lowest BCUT2D eigenvalue weighted by molar-refractivity contribution is -0.137. The summed E-state index contributed by atoms with van der Waals surface area (Å²) < 4.78 is 16.0. The van der Waals surface area contributed by atoms with Crippen molar-refractivity contribution in [3.05, 3.63) is 61.1 Å². The number of aliphatic hydroxyl groups is 1. The first-order chi connectivity index (χ1) is 19.8. The molecular formula is C27H30FN9O3S. The molecule has 5 rings (SSSR count). The Bertz CT molecular complexity index is 1570. The number of anilines is 2. The predicted molar refractivity (Wildman–Crippen MR) is 153 cm³/mol. The van der Waals surface area contributed by atoms with E-state index < -0.39 is 23.9 Å². The van der Waals surface area contributed by atoms with Gasteiger partial charge in [-0.05, 0) is 32.6 Å². The Labute approximate surface area is 239 Å². The molecule has 1 aliphatic rings. The van der Waals surface area contributed by atoms with Crippen molar-refractivity contribution < 1.29 is 19.1 Å². The predicted octanol–water partition coefficient (Wildman–Crippen LogP) is 2.03. The molecule has 0 bridgehead atoms. The van der Waals surface area contributed by atoms with Gasteiger partial charge in [0.2, 0.25) is 11.8 Å². The van der Waals surface area contributed by atoms with E-state index >= 15 is 0 Å². The third kappa shape index (κ3) is 6.56. The van der Waals surface area contributed by atoms with Gasteiger partial charge in [-0.15, -0.1) is 0 Å². The van der Waals surface area contributed by atoms with Crippen molar-refractivity contribution in [3.8, 4) is 10.6 Å². The first-order valence-electron chi connectivity index (χ1n) is 13.0. The molecule has 2 amide bonds. The molecule has 2 atom stereocenters. The van der Waals surface area contributed by atoms with Crippen LogP contribution in [0.4, 0.5) is 15.3 Å². The zero-order valence-electron chi connectivity index (χ0n) is 22.6. The number of nitrogens with zero attached hydrogens (tertiary/aromatic N) is 7. The van der Waals surface area contributed by atoms with E-state index in [2.05, 4.69) is 30.6 Å². The largest absolute Gasteiger partial charge is 0.390 e. The topological polar surface area (TPSA) is 141 Å². The Morgan fingerprint density at radius 2 is 2.10 bits per heavy atom. The molecule has 1 aliphatic heterocycles. The summed E-state index contributed by atoms with van der Waals surface area (Å²) in [5.74, 6) is -0.594. The van der Waals surface area contributed by atoms with Crippen molar-refractivity contribution in [1.29, 1.82) is 0 Å². The molecule has 0 radical (unpaired) electrons. The molecule has 1 fully saturated rings. The van der Waals surface area contributed by atoms with Gasteiger partial charge in [0.05, 0.1) is 29.0 Å². The minimum atomic E-state index is -0.936. The molecular weight excluding hydrogens is 549 g/mol.